The topological polar surface area (TPSA) is 43.6 Å². The predicted molar refractivity (Wildman–Crippen MR) is 75.8 cm³/mol. The minimum Gasteiger partial charge on any atom is -0.464 e. The summed E-state index contributed by atoms with van der Waals surface area (Å²) in [7, 11) is 1.41. The number of ether oxygens (including phenoxy) is 1. The highest BCUT2D eigenvalue weighted by atomic mass is 32.2. The van der Waals surface area contributed by atoms with Crippen LogP contribution in [0.2, 0.25) is 0 Å². The Balaban J connectivity index is 2.11. The zero-order chi connectivity index (χ0) is 13.2. The van der Waals surface area contributed by atoms with E-state index in [0.717, 1.165) is 24.2 Å². The maximum atomic E-state index is 11.9. The van der Waals surface area contributed by atoms with Crippen molar-refractivity contribution < 1.29 is 9.53 Å². The van der Waals surface area contributed by atoms with E-state index >= 15 is 0 Å². The van der Waals surface area contributed by atoms with E-state index in [4.69, 9.17) is 4.74 Å². The van der Waals surface area contributed by atoms with Gasteiger partial charge in [-0.25, -0.2) is 9.78 Å². The molecule has 0 amide bonds. The first kappa shape index (κ1) is 12.5. The maximum absolute atomic E-state index is 11.9. The fraction of sp³-hybridized carbons (Fsp3) is 0.429. The number of imidazole rings is 1. The van der Waals surface area contributed by atoms with Crippen LogP contribution in [-0.4, -0.2) is 34.0 Å². The lowest BCUT2D eigenvalue weighted by Crippen LogP contribution is -2.15. The number of hydrogen-bond donors (Lipinski definition) is 0. The molecular weight excluding hydrogens is 260 g/mol. The summed E-state index contributed by atoms with van der Waals surface area (Å²) in [5, 5.41) is 0. The fourth-order valence-corrected chi connectivity index (χ4v) is 3.69. The van der Waals surface area contributed by atoms with Crippen molar-refractivity contribution in [3.8, 4) is 0 Å². The summed E-state index contributed by atoms with van der Waals surface area (Å²) in [5.41, 5.74) is 1.52. The van der Waals surface area contributed by atoms with Gasteiger partial charge in [0.05, 0.1) is 18.8 Å². The number of hydrogen-bond acceptors (Lipinski definition) is 4. The molecule has 1 aliphatic rings. The highest BCUT2D eigenvalue weighted by molar-refractivity contribution is 7.99. The minimum atomic E-state index is -0.310. The maximum Gasteiger partial charge on any atom is 0.355 e. The molecule has 3 heterocycles. The van der Waals surface area contributed by atoms with Crippen LogP contribution in [0.25, 0.3) is 5.52 Å². The number of rotatable bonds is 2. The zero-order valence-electron chi connectivity index (χ0n) is 10.8. The predicted octanol–water partition coefficient (Wildman–Crippen LogP) is 2.73. The number of esters is 1. The molecule has 3 rings (SSSR count). The highest BCUT2D eigenvalue weighted by Crippen LogP contribution is 2.31. The summed E-state index contributed by atoms with van der Waals surface area (Å²) in [6.07, 6.45) is 4.09. The van der Waals surface area contributed by atoms with Gasteiger partial charge in [0.2, 0.25) is 0 Å². The van der Waals surface area contributed by atoms with Crippen LogP contribution in [0.4, 0.5) is 0 Å². The number of pyridine rings is 1. The molecule has 0 N–H and O–H groups in total. The van der Waals surface area contributed by atoms with E-state index in [1.165, 1.54) is 18.6 Å². The summed E-state index contributed by atoms with van der Waals surface area (Å²) in [6.45, 7) is 0. The monoisotopic (exact) mass is 276 g/mol. The minimum absolute atomic E-state index is 0.310. The second kappa shape index (κ2) is 5.25. The van der Waals surface area contributed by atoms with Crippen LogP contribution >= 0.6 is 11.8 Å². The van der Waals surface area contributed by atoms with Crippen LogP contribution in [0.3, 0.4) is 0 Å². The summed E-state index contributed by atoms with van der Waals surface area (Å²) in [5.74, 6) is 3.46. The van der Waals surface area contributed by atoms with Crippen LogP contribution < -0.4 is 0 Å². The third-order valence-corrected chi connectivity index (χ3v) is 4.61. The van der Waals surface area contributed by atoms with Crippen molar-refractivity contribution >= 4 is 23.2 Å². The van der Waals surface area contributed by atoms with E-state index in [1.54, 1.807) is 6.07 Å². The number of thioether (sulfide) groups is 1. The lowest BCUT2D eigenvalue weighted by Gasteiger charge is -2.21. The van der Waals surface area contributed by atoms with Crippen molar-refractivity contribution in [3.05, 3.63) is 35.9 Å². The molecule has 5 heteroatoms. The Morgan fingerprint density at radius 1 is 1.42 bits per heavy atom. The van der Waals surface area contributed by atoms with Crippen LogP contribution in [0.5, 0.6) is 0 Å². The number of carbonyl (C=O) groups excluding carboxylic acids is 1. The van der Waals surface area contributed by atoms with Crippen LogP contribution in [0.15, 0.2) is 24.4 Å². The molecule has 0 atom stereocenters. The molecule has 0 saturated carbocycles. The summed E-state index contributed by atoms with van der Waals surface area (Å²) in [4.78, 5) is 16.4. The van der Waals surface area contributed by atoms with Gasteiger partial charge in [-0.15, -0.1) is 0 Å². The van der Waals surface area contributed by atoms with Gasteiger partial charge in [-0.3, -0.25) is 4.40 Å². The summed E-state index contributed by atoms with van der Waals surface area (Å²) < 4.78 is 6.82. The highest BCUT2D eigenvalue weighted by Gasteiger charge is 2.22. The van der Waals surface area contributed by atoms with Gasteiger partial charge >= 0.3 is 5.97 Å². The standard InChI is InChI=1S/C14H16N2O2S/c1-18-14(17)12-4-2-3-11-9-15-13(16(11)12)10-5-7-19-8-6-10/h2-4,9-10H,5-8H2,1H3. The lowest BCUT2D eigenvalue weighted by molar-refractivity contribution is 0.0591. The van der Waals surface area contributed by atoms with Crippen molar-refractivity contribution in [2.45, 2.75) is 18.8 Å². The molecule has 4 nitrogen and oxygen atoms in total. The molecule has 0 aliphatic carbocycles. The number of carbonyl (C=O) groups is 1. The summed E-state index contributed by atoms with van der Waals surface area (Å²) in [6, 6.07) is 5.63. The van der Waals surface area contributed by atoms with E-state index < -0.39 is 0 Å². The molecule has 1 saturated heterocycles. The quantitative estimate of drug-likeness (QED) is 0.791. The molecule has 0 unspecified atom stereocenters. The van der Waals surface area contributed by atoms with Gasteiger partial charge in [-0.2, -0.15) is 11.8 Å². The first-order valence-electron chi connectivity index (χ1n) is 6.43. The second-order valence-corrected chi connectivity index (χ2v) is 5.89. The van der Waals surface area contributed by atoms with Gasteiger partial charge in [-0.1, -0.05) is 6.07 Å². The normalized spacial score (nSPS) is 16.7. The Hall–Kier alpha value is -1.49. The molecule has 1 fully saturated rings. The van der Waals surface area contributed by atoms with Gasteiger partial charge in [0, 0.05) is 5.92 Å². The Morgan fingerprint density at radius 3 is 2.95 bits per heavy atom. The molecule has 19 heavy (non-hydrogen) atoms. The Morgan fingerprint density at radius 2 is 2.21 bits per heavy atom. The third kappa shape index (κ3) is 2.23. The third-order valence-electron chi connectivity index (χ3n) is 3.56. The molecule has 2 aromatic rings. The van der Waals surface area contributed by atoms with E-state index in [0.29, 0.717) is 11.6 Å². The van der Waals surface area contributed by atoms with E-state index in [2.05, 4.69) is 4.98 Å². The first-order chi connectivity index (χ1) is 9.31. The average Bonchev–Trinajstić information content (AvgIpc) is 2.91. The Labute approximate surface area is 116 Å². The summed E-state index contributed by atoms with van der Waals surface area (Å²) >= 11 is 1.99. The van der Waals surface area contributed by atoms with Gasteiger partial charge in [0.25, 0.3) is 0 Å². The number of fused-ring (bicyclic) bond motifs is 1. The van der Waals surface area contributed by atoms with Gasteiger partial charge in [0.1, 0.15) is 11.5 Å². The average molecular weight is 276 g/mol. The van der Waals surface area contributed by atoms with Gasteiger partial charge in [0.15, 0.2) is 0 Å². The number of methoxy groups -OCH3 is 1. The van der Waals surface area contributed by atoms with Gasteiger partial charge in [-0.05, 0) is 36.5 Å². The van der Waals surface area contributed by atoms with E-state index in [9.17, 15) is 4.79 Å². The molecule has 2 aromatic heterocycles. The Bertz CT molecular complexity index is 603. The molecule has 0 spiro atoms. The second-order valence-electron chi connectivity index (χ2n) is 4.67. The fourth-order valence-electron chi connectivity index (χ4n) is 2.58. The van der Waals surface area contributed by atoms with E-state index in [1.807, 2.05) is 34.5 Å². The van der Waals surface area contributed by atoms with E-state index in [-0.39, 0.29) is 5.97 Å². The SMILES string of the molecule is COC(=O)c1cccc2cnc(C3CCSCC3)n12. The van der Waals surface area contributed by atoms with Crippen molar-refractivity contribution in [3.63, 3.8) is 0 Å². The largest absolute Gasteiger partial charge is 0.464 e. The van der Waals surface area contributed by atoms with Gasteiger partial charge < -0.3 is 4.74 Å². The van der Waals surface area contributed by atoms with Crippen molar-refractivity contribution in [1.29, 1.82) is 0 Å². The van der Waals surface area contributed by atoms with Crippen LogP contribution in [0.1, 0.15) is 35.1 Å². The molecule has 0 bridgehead atoms. The lowest BCUT2D eigenvalue weighted by atomic mass is 10.0. The Kier molecular flexibility index (Phi) is 3.46. The van der Waals surface area contributed by atoms with Crippen molar-refractivity contribution in [2.75, 3.05) is 18.6 Å². The molecule has 0 radical (unpaired) electrons. The zero-order valence-corrected chi connectivity index (χ0v) is 11.7. The van der Waals surface area contributed by atoms with Crippen molar-refractivity contribution in [2.24, 2.45) is 0 Å². The molecular formula is C14H16N2O2S. The molecule has 100 valence electrons. The first-order valence-corrected chi connectivity index (χ1v) is 7.59. The van der Waals surface area contributed by atoms with Crippen molar-refractivity contribution in [1.82, 2.24) is 9.38 Å². The molecule has 1 aliphatic heterocycles. The number of nitrogens with zero attached hydrogens (tertiary/aromatic N) is 2. The number of aromatic nitrogens is 2. The smallest absolute Gasteiger partial charge is 0.355 e. The van der Waals surface area contributed by atoms with Crippen LogP contribution in [-0.2, 0) is 4.74 Å². The molecule has 0 aromatic carbocycles. The van der Waals surface area contributed by atoms with Crippen LogP contribution in [0, 0.1) is 0 Å².